The fourth-order valence-corrected chi connectivity index (χ4v) is 1.52. The third-order valence-electron chi connectivity index (χ3n) is 2.29. The molecule has 0 bridgehead atoms. The van der Waals surface area contributed by atoms with Gasteiger partial charge in [0, 0.05) is 18.7 Å². The molecule has 0 aliphatic rings. The Morgan fingerprint density at radius 3 is 2.80 bits per heavy atom. The van der Waals surface area contributed by atoms with Crippen LogP contribution in [0.4, 0.5) is 0 Å². The molecule has 5 nitrogen and oxygen atoms in total. The second-order valence-electron chi connectivity index (χ2n) is 3.67. The third kappa shape index (κ3) is 3.71. The van der Waals surface area contributed by atoms with Gasteiger partial charge >= 0.3 is 0 Å². The summed E-state index contributed by atoms with van der Waals surface area (Å²) in [5.74, 6) is 4.87. The van der Waals surface area contributed by atoms with Crippen LogP contribution in [0.5, 0.6) is 0 Å². The number of hydrogen-bond acceptors (Lipinski definition) is 3. The van der Waals surface area contributed by atoms with E-state index in [-0.39, 0.29) is 5.91 Å². The molecule has 1 rings (SSSR count). The highest BCUT2D eigenvalue weighted by Gasteiger charge is 2.01. The van der Waals surface area contributed by atoms with Crippen LogP contribution in [0.2, 0.25) is 0 Å². The minimum absolute atomic E-state index is 0.108. The highest BCUT2D eigenvalue weighted by atomic mass is 16.2. The number of aryl methyl sites for hydroxylation is 3. The van der Waals surface area contributed by atoms with E-state index in [0.29, 0.717) is 6.42 Å². The van der Waals surface area contributed by atoms with E-state index in [9.17, 15) is 4.79 Å². The molecule has 0 aromatic carbocycles. The lowest BCUT2D eigenvalue weighted by molar-refractivity contribution is -0.121. The summed E-state index contributed by atoms with van der Waals surface area (Å²) in [6.45, 7) is 4.87. The molecule has 0 atom stereocenters. The van der Waals surface area contributed by atoms with E-state index in [0.717, 1.165) is 30.8 Å². The molecule has 0 aliphatic carbocycles. The van der Waals surface area contributed by atoms with Crippen LogP contribution in [0, 0.1) is 13.8 Å². The third-order valence-corrected chi connectivity index (χ3v) is 2.29. The fourth-order valence-electron chi connectivity index (χ4n) is 1.52. The smallest absolute Gasteiger partial charge is 0.233 e. The van der Waals surface area contributed by atoms with Crippen LogP contribution in [0.15, 0.2) is 6.07 Å². The minimum atomic E-state index is -0.108. The Morgan fingerprint density at radius 1 is 1.53 bits per heavy atom. The van der Waals surface area contributed by atoms with Crippen molar-refractivity contribution in [2.45, 2.75) is 39.7 Å². The van der Waals surface area contributed by atoms with Gasteiger partial charge in [-0.25, -0.2) is 5.84 Å². The first-order valence-corrected chi connectivity index (χ1v) is 5.14. The number of carbonyl (C=O) groups is 1. The van der Waals surface area contributed by atoms with Crippen LogP contribution in [-0.4, -0.2) is 15.7 Å². The number of hydrazine groups is 1. The number of aromatic nitrogens is 2. The molecule has 0 unspecified atom stereocenters. The molecule has 1 heterocycles. The highest BCUT2D eigenvalue weighted by molar-refractivity contribution is 5.74. The first-order valence-electron chi connectivity index (χ1n) is 5.14. The van der Waals surface area contributed by atoms with Crippen molar-refractivity contribution in [3.63, 3.8) is 0 Å². The Bertz CT molecular complexity index is 332. The maximum Gasteiger partial charge on any atom is 0.233 e. The van der Waals surface area contributed by atoms with Crippen molar-refractivity contribution in [2.24, 2.45) is 5.84 Å². The van der Waals surface area contributed by atoms with E-state index >= 15 is 0 Å². The first-order chi connectivity index (χ1) is 7.13. The molecule has 0 fully saturated rings. The predicted octanol–water partition coefficient (Wildman–Crippen LogP) is 0.660. The van der Waals surface area contributed by atoms with Crippen molar-refractivity contribution >= 4 is 5.91 Å². The summed E-state index contributed by atoms with van der Waals surface area (Å²) < 4.78 is 1.97. The topological polar surface area (TPSA) is 72.9 Å². The van der Waals surface area contributed by atoms with Crippen molar-refractivity contribution in [2.75, 3.05) is 0 Å². The molecular weight excluding hydrogens is 192 g/mol. The van der Waals surface area contributed by atoms with Gasteiger partial charge in [-0.3, -0.25) is 14.9 Å². The van der Waals surface area contributed by atoms with Gasteiger partial charge in [-0.05, 0) is 32.8 Å². The van der Waals surface area contributed by atoms with Crippen LogP contribution < -0.4 is 11.3 Å². The van der Waals surface area contributed by atoms with E-state index in [1.807, 2.05) is 24.6 Å². The highest BCUT2D eigenvalue weighted by Crippen LogP contribution is 2.04. The Hall–Kier alpha value is -1.36. The van der Waals surface area contributed by atoms with Crippen LogP contribution in [0.25, 0.3) is 0 Å². The van der Waals surface area contributed by atoms with Gasteiger partial charge in [0.15, 0.2) is 0 Å². The first kappa shape index (κ1) is 11.7. The number of nitrogens with one attached hydrogen (secondary N) is 1. The summed E-state index contributed by atoms with van der Waals surface area (Å²) in [6, 6.07) is 2.05. The summed E-state index contributed by atoms with van der Waals surface area (Å²) in [7, 11) is 0. The summed E-state index contributed by atoms with van der Waals surface area (Å²) >= 11 is 0. The lowest BCUT2D eigenvalue weighted by atomic mass is 10.2. The molecule has 0 radical (unpaired) electrons. The van der Waals surface area contributed by atoms with E-state index in [2.05, 4.69) is 10.5 Å². The lowest BCUT2D eigenvalue weighted by Gasteiger charge is -2.03. The van der Waals surface area contributed by atoms with Crippen LogP contribution in [-0.2, 0) is 11.3 Å². The molecule has 1 aromatic rings. The van der Waals surface area contributed by atoms with Crippen LogP contribution in [0.3, 0.4) is 0 Å². The van der Waals surface area contributed by atoms with Crippen molar-refractivity contribution < 1.29 is 4.79 Å². The predicted molar refractivity (Wildman–Crippen MR) is 57.9 cm³/mol. The molecule has 0 saturated carbocycles. The molecule has 1 amide bonds. The second-order valence-corrected chi connectivity index (χ2v) is 3.67. The fraction of sp³-hybridized carbons (Fsp3) is 0.600. The molecule has 84 valence electrons. The average molecular weight is 210 g/mol. The number of amides is 1. The van der Waals surface area contributed by atoms with E-state index in [1.54, 1.807) is 0 Å². The monoisotopic (exact) mass is 210 g/mol. The van der Waals surface area contributed by atoms with Gasteiger partial charge in [-0.1, -0.05) is 0 Å². The standard InChI is InChI=1S/C10H18N4O/c1-8-7-9(2)14(13-8)6-4-3-5-10(15)12-11/h7H,3-6,11H2,1-2H3,(H,12,15). The molecule has 0 saturated heterocycles. The number of unbranched alkanes of at least 4 members (excludes halogenated alkanes) is 1. The summed E-state index contributed by atoms with van der Waals surface area (Å²) in [4.78, 5) is 10.8. The molecule has 0 spiro atoms. The second kappa shape index (κ2) is 5.50. The SMILES string of the molecule is Cc1cc(C)n(CCCCC(=O)NN)n1. The zero-order valence-corrected chi connectivity index (χ0v) is 9.29. The lowest BCUT2D eigenvalue weighted by Crippen LogP contribution is -2.29. The molecule has 1 aromatic heterocycles. The zero-order chi connectivity index (χ0) is 11.3. The van der Waals surface area contributed by atoms with Gasteiger partial charge in [-0.15, -0.1) is 0 Å². The zero-order valence-electron chi connectivity index (χ0n) is 9.29. The van der Waals surface area contributed by atoms with E-state index in [4.69, 9.17) is 5.84 Å². The Balaban J connectivity index is 2.26. The molecule has 3 N–H and O–H groups in total. The van der Waals surface area contributed by atoms with Gasteiger partial charge < -0.3 is 0 Å². The maximum absolute atomic E-state index is 10.8. The van der Waals surface area contributed by atoms with Gasteiger partial charge in [0.05, 0.1) is 5.69 Å². The van der Waals surface area contributed by atoms with E-state index in [1.165, 1.54) is 0 Å². The van der Waals surface area contributed by atoms with Gasteiger partial charge in [0.1, 0.15) is 0 Å². The molecule has 0 aliphatic heterocycles. The Labute approximate surface area is 89.6 Å². The maximum atomic E-state index is 10.8. The number of rotatable bonds is 5. The van der Waals surface area contributed by atoms with Crippen molar-refractivity contribution in [1.82, 2.24) is 15.2 Å². The number of nitrogens with zero attached hydrogens (tertiary/aromatic N) is 2. The minimum Gasteiger partial charge on any atom is -0.294 e. The molecular formula is C10H18N4O. The van der Waals surface area contributed by atoms with E-state index < -0.39 is 0 Å². The largest absolute Gasteiger partial charge is 0.294 e. The van der Waals surface area contributed by atoms with Crippen molar-refractivity contribution in [1.29, 1.82) is 0 Å². The van der Waals surface area contributed by atoms with Gasteiger partial charge in [0.25, 0.3) is 0 Å². The number of nitrogens with two attached hydrogens (primary N) is 1. The van der Waals surface area contributed by atoms with Crippen molar-refractivity contribution in [3.8, 4) is 0 Å². The van der Waals surface area contributed by atoms with Gasteiger partial charge in [0.2, 0.25) is 5.91 Å². The summed E-state index contributed by atoms with van der Waals surface area (Å²) in [5.41, 5.74) is 4.31. The van der Waals surface area contributed by atoms with Crippen LogP contribution >= 0.6 is 0 Å². The van der Waals surface area contributed by atoms with Crippen molar-refractivity contribution in [3.05, 3.63) is 17.5 Å². The number of carbonyl (C=O) groups excluding carboxylic acids is 1. The molecule has 15 heavy (non-hydrogen) atoms. The summed E-state index contributed by atoms with van der Waals surface area (Å²) in [5, 5.41) is 4.34. The summed E-state index contributed by atoms with van der Waals surface area (Å²) in [6.07, 6.45) is 2.26. The van der Waals surface area contributed by atoms with Crippen LogP contribution in [0.1, 0.15) is 30.7 Å². The Kier molecular flexibility index (Phi) is 4.30. The Morgan fingerprint density at radius 2 is 2.27 bits per heavy atom. The van der Waals surface area contributed by atoms with Gasteiger partial charge in [-0.2, -0.15) is 5.10 Å². The molecule has 5 heteroatoms. The number of hydrogen-bond donors (Lipinski definition) is 2. The average Bonchev–Trinajstić information content (AvgIpc) is 2.52. The quantitative estimate of drug-likeness (QED) is 0.324. The normalized spacial score (nSPS) is 10.3.